The molecule has 8 bridgehead atoms. The van der Waals surface area contributed by atoms with Crippen LogP contribution in [0, 0.1) is 0 Å². The second-order valence-corrected chi connectivity index (χ2v) is 25.5. The number of nitrogens with one attached hydrogen (secondary N) is 4. The van der Waals surface area contributed by atoms with Crippen LogP contribution in [-0.2, 0) is 66.3 Å². The predicted octanol–water partition coefficient (Wildman–Crippen LogP) is 6.73. The highest BCUT2D eigenvalue weighted by atomic mass is 16.8. The SMILES string of the molecule is CC1(C)OC[C@@H]([C@@H]2OC(C)(C)O[C@H]2C2c3ccc([nH]3)C([C@@H]3OC(C)(C)O[C@H]3[C@@H]3COC(C)(C)O3)c3ccc([nH]3)C([C@@H]3OC(C)(C)O[C@H]3[C@@H](O)CO)c3ccc([nH]3)C([C@@H]3OC(C)(C)O[C@H]3[C@@H]3COC(C)(C)O3)c3ccc2[nH]3)O1. The number of aliphatic hydroxyl groups is 2. The standard InChI is InChI=1S/C57H80N4O16/c1-51(2)64-24-36(67-51)44-48(75-55(9,10)71-44)40-29-17-15-27(58-29)39(47-43(35(63)23-62)70-54(7,8)74-47)28-16-18-30(59-28)41(49-45(72-56(11,12)76-49)37-25-65-52(3,4)68-37)32-20-22-34(61-32)42(33-21-19-31(40)60-33)50-46(73-57(13,14)77-50)38-26-66-53(5,6)69-38/h15-22,35-50,58-63H,23-26H2,1-14H3/t35-,36-,37-,38-,39?,40?,41?,42?,43-,44-,45-,46-,47-,48-,49-,50-/m0/s1. The summed E-state index contributed by atoms with van der Waals surface area (Å²) in [5, 5.41) is 22.0. The van der Waals surface area contributed by atoms with Crippen molar-refractivity contribution in [1.29, 1.82) is 0 Å². The van der Waals surface area contributed by atoms with E-state index in [1.54, 1.807) is 0 Å². The molecule has 424 valence electrons. The van der Waals surface area contributed by atoms with Crippen LogP contribution in [0.3, 0.4) is 0 Å². The largest absolute Gasteiger partial charge is 0.394 e. The molecule has 4 aromatic heterocycles. The molecule has 4 aromatic rings. The predicted molar refractivity (Wildman–Crippen MR) is 274 cm³/mol. The first-order chi connectivity index (χ1) is 36.1. The van der Waals surface area contributed by atoms with Crippen molar-refractivity contribution >= 4 is 0 Å². The summed E-state index contributed by atoms with van der Waals surface area (Å²) >= 11 is 0. The summed E-state index contributed by atoms with van der Waals surface area (Å²) < 4.78 is 93.2. The summed E-state index contributed by atoms with van der Waals surface area (Å²) in [4.78, 5) is 15.7. The summed E-state index contributed by atoms with van der Waals surface area (Å²) in [7, 11) is 0. The zero-order chi connectivity index (χ0) is 54.6. The molecular weight excluding hydrogens is 997 g/mol. The Morgan fingerprint density at radius 1 is 0.351 bits per heavy atom. The molecule has 8 aliphatic heterocycles. The second-order valence-electron chi connectivity index (χ2n) is 25.5. The first kappa shape index (κ1) is 54.1. The molecule has 12 heterocycles. The number of aromatic amines is 4. The van der Waals surface area contributed by atoms with Crippen molar-refractivity contribution < 1.29 is 76.5 Å². The molecule has 7 fully saturated rings. The van der Waals surface area contributed by atoms with Gasteiger partial charge in [-0.25, -0.2) is 0 Å². The van der Waals surface area contributed by atoms with Crippen LogP contribution in [0.1, 0.15) is 166 Å². The minimum atomic E-state index is -1.26. The van der Waals surface area contributed by atoms with Crippen molar-refractivity contribution in [2.24, 2.45) is 0 Å². The van der Waals surface area contributed by atoms with E-state index >= 15 is 0 Å². The topological polar surface area (TPSA) is 233 Å². The highest BCUT2D eigenvalue weighted by molar-refractivity contribution is 5.41. The third kappa shape index (κ3) is 10.2. The van der Waals surface area contributed by atoms with Crippen LogP contribution >= 0.6 is 0 Å². The van der Waals surface area contributed by atoms with E-state index in [1.807, 2.05) is 109 Å². The number of aromatic nitrogens is 4. The Morgan fingerprint density at radius 2 is 0.584 bits per heavy atom. The van der Waals surface area contributed by atoms with Gasteiger partial charge in [0.1, 0.15) is 73.2 Å². The number of fused-ring (bicyclic) bond motifs is 8. The monoisotopic (exact) mass is 1080 g/mol. The summed E-state index contributed by atoms with van der Waals surface area (Å²) in [6.45, 7) is 27.0. The van der Waals surface area contributed by atoms with Crippen molar-refractivity contribution in [1.82, 2.24) is 19.9 Å². The number of hydrogen-bond donors (Lipinski definition) is 6. The molecule has 0 amide bonds. The molecule has 2 unspecified atom stereocenters. The van der Waals surface area contributed by atoms with Crippen molar-refractivity contribution in [3.63, 3.8) is 0 Å². The fourth-order valence-corrected chi connectivity index (χ4v) is 13.5. The van der Waals surface area contributed by atoms with Gasteiger partial charge in [-0.1, -0.05) is 0 Å². The van der Waals surface area contributed by atoms with Gasteiger partial charge in [-0.15, -0.1) is 0 Å². The van der Waals surface area contributed by atoms with Crippen molar-refractivity contribution in [3.05, 3.63) is 94.1 Å². The van der Waals surface area contributed by atoms with E-state index in [0.29, 0.717) is 19.8 Å². The Bertz CT molecular complexity index is 2630. The van der Waals surface area contributed by atoms with Gasteiger partial charge in [-0.2, -0.15) is 0 Å². The number of H-pyrrole nitrogens is 4. The Kier molecular flexibility index (Phi) is 13.2. The van der Waals surface area contributed by atoms with Crippen LogP contribution in [-0.4, -0.2) is 170 Å². The summed E-state index contributed by atoms with van der Waals surface area (Å²) in [6.07, 6.45) is -7.86. The summed E-state index contributed by atoms with van der Waals surface area (Å²) in [5.41, 5.74) is 6.48. The van der Waals surface area contributed by atoms with Crippen LogP contribution in [0.4, 0.5) is 0 Å². The number of hydrogen-bond acceptors (Lipinski definition) is 16. The van der Waals surface area contributed by atoms with E-state index in [2.05, 4.69) is 56.3 Å². The third-order valence-electron chi connectivity index (χ3n) is 16.3. The smallest absolute Gasteiger partial charge is 0.163 e. The molecule has 0 aliphatic carbocycles. The quantitative estimate of drug-likeness (QED) is 0.102. The van der Waals surface area contributed by atoms with Crippen LogP contribution in [0.25, 0.3) is 0 Å². The minimum Gasteiger partial charge on any atom is -0.394 e. The molecule has 77 heavy (non-hydrogen) atoms. The van der Waals surface area contributed by atoms with E-state index in [1.165, 1.54) is 0 Å². The molecule has 8 aliphatic rings. The first-order valence-corrected chi connectivity index (χ1v) is 27.5. The van der Waals surface area contributed by atoms with Crippen LogP contribution < -0.4 is 0 Å². The molecule has 7 saturated heterocycles. The maximum Gasteiger partial charge on any atom is 0.163 e. The Balaban J connectivity index is 1.06. The molecule has 0 saturated carbocycles. The first-order valence-electron chi connectivity index (χ1n) is 27.5. The lowest BCUT2D eigenvalue weighted by molar-refractivity contribution is -0.174. The number of ether oxygens (including phenoxy) is 14. The van der Waals surface area contributed by atoms with Crippen LogP contribution in [0.2, 0.25) is 0 Å². The van der Waals surface area contributed by atoms with Gasteiger partial charge < -0.3 is 96.5 Å². The second kappa shape index (κ2) is 18.8. The normalized spacial score (nSPS) is 39.7. The highest BCUT2D eigenvalue weighted by Crippen LogP contribution is 2.50. The van der Waals surface area contributed by atoms with Crippen LogP contribution in [0.15, 0.2) is 48.5 Å². The lowest BCUT2D eigenvalue weighted by Crippen LogP contribution is -2.42. The summed E-state index contributed by atoms with van der Waals surface area (Å²) in [6, 6.07) is 16.7. The lowest BCUT2D eigenvalue weighted by Gasteiger charge is -2.31. The van der Waals surface area contributed by atoms with Gasteiger partial charge in [0.05, 0.1) is 50.1 Å². The average molecular weight is 1080 g/mol. The van der Waals surface area contributed by atoms with Crippen molar-refractivity contribution in [2.75, 3.05) is 26.4 Å². The Morgan fingerprint density at radius 3 is 0.831 bits per heavy atom. The highest BCUT2D eigenvalue weighted by Gasteiger charge is 2.58. The van der Waals surface area contributed by atoms with E-state index < -0.39 is 144 Å². The lowest BCUT2D eigenvalue weighted by atomic mass is 9.89. The van der Waals surface area contributed by atoms with E-state index in [4.69, 9.17) is 66.3 Å². The van der Waals surface area contributed by atoms with Crippen LogP contribution in [0.5, 0.6) is 0 Å². The van der Waals surface area contributed by atoms with Crippen molar-refractivity contribution in [3.8, 4) is 0 Å². The van der Waals surface area contributed by atoms with Gasteiger partial charge in [0.2, 0.25) is 0 Å². The molecule has 12 rings (SSSR count). The zero-order valence-electron chi connectivity index (χ0n) is 46.8. The van der Waals surface area contributed by atoms with Gasteiger partial charge in [-0.3, -0.25) is 0 Å². The number of rotatable bonds is 9. The Hall–Kier alpha value is -3.52. The third-order valence-corrected chi connectivity index (χ3v) is 16.3. The van der Waals surface area contributed by atoms with Gasteiger partial charge >= 0.3 is 0 Å². The maximum absolute atomic E-state index is 11.5. The van der Waals surface area contributed by atoms with Gasteiger partial charge in [-0.05, 0) is 145 Å². The van der Waals surface area contributed by atoms with Gasteiger partial charge in [0.15, 0.2) is 40.5 Å². The van der Waals surface area contributed by atoms with Gasteiger partial charge in [0.25, 0.3) is 0 Å². The van der Waals surface area contributed by atoms with Gasteiger partial charge in [0, 0.05) is 45.6 Å². The molecule has 0 spiro atoms. The fourth-order valence-electron chi connectivity index (χ4n) is 13.5. The van der Waals surface area contributed by atoms with E-state index in [9.17, 15) is 10.2 Å². The zero-order valence-corrected chi connectivity index (χ0v) is 46.8. The minimum absolute atomic E-state index is 0.306. The molecule has 0 radical (unpaired) electrons. The molecule has 6 N–H and O–H groups in total. The molecule has 0 aromatic carbocycles. The number of aliphatic hydroxyl groups excluding tert-OH is 2. The molecular formula is C57H80N4O16. The summed E-state index contributed by atoms with van der Waals surface area (Å²) in [5.74, 6) is -8.72. The van der Waals surface area contributed by atoms with E-state index in [0.717, 1.165) is 45.6 Å². The molecule has 20 nitrogen and oxygen atoms in total. The maximum atomic E-state index is 11.5. The molecule has 20 heteroatoms. The average Bonchev–Trinajstić information content (AvgIpc) is 4.24. The Labute approximate surface area is 450 Å². The van der Waals surface area contributed by atoms with Crippen molar-refractivity contribution in [2.45, 2.75) is 234 Å². The molecule has 14 atom stereocenters. The van der Waals surface area contributed by atoms with E-state index in [-0.39, 0.29) is 0 Å². The fraction of sp³-hybridized carbons (Fsp3) is 0.719.